The van der Waals surface area contributed by atoms with Crippen LogP contribution in [-0.4, -0.2) is 73.4 Å². The predicted octanol–water partition coefficient (Wildman–Crippen LogP) is 2.52. The number of piperidine rings is 1. The quantitative estimate of drug-likeness (QED) is 0.418. The molecule has 1 aromatic heterocycles. The summed E-state index contributed by atoms with van der Waals surface area (Å²) in [7, 11) is 0. The second-order valence-electron chi connectivity index (χ2n) is 8.27. The summed E-state index contributed by atoms with van der Waals surface area (Å²) in [4.78, 5) is 32.3. The number of hydrogen-bond acceptors (Lipinski definition) is 7. The molecule has 0 unspecified atom stereocenters. The zero-order valence-electron chi connectivity index (χ0n) is 18.6. The van der Waals surface area contributed by atoms with E-state index in [0.717, 1.165) is 17.3 Å². The Bertz CT molecular complexity index is 1250. The van der Waals surface area contributed by atoms with Crippen LogP contribution < -0.4 is 5.32 Å². The van der Waals surface area contributed by atoms with Gasteiger partial charge in [-0.15, -0.1) is 0 Å². The number of nitrogens with zero attached hydrogens (tertiary/aromatic N) is 3. The summed E-state index contributed by atoms with van der Waals surface area (Å²) >= 11 is 0. The molecule has 4 rings (SSSR count). The first-order chi connectivity index (χ1) is 17.0. The van der Waals surface area contributed by atoms with E-state index in [1.165, 1.54) is 17.0 Å². The normalized spacial score (nSPS) is 20.1. The Hall–Kier alpha value is -4.03. The molecule has 2 heterocycles. The summed E-state index contributed by atoms with van der Waals surface area (Å²) in [6.45, 7) is -0.280. The number of aliphatic hydroxyl groups is 2. The molecule has 0 saturated carbocycles. The summed E-state index contributed by atoms with van der Waals surface area (Å²) in [5.74, 6) is -1.74. The lowest BCUT2D eigenvalue weighted by atomic mass is 9.98. The highest BCUT2D eigenvalue weighted by Gasteiger charge is 2.38. The number of carboxylic acid groups (broad SMARTS) is 1. The molecule has 1 saturated heterocycles. The number of rotatable bonds is 5. The summed E-state index contributed by atoms with van der Waals surface area (Å²) in [6.07, 6.45) is -5.79. The molecule has 0 aliphatic carbocycles. The fourth-order valence-electron chi connectivity index (χ4n) is 3.87. The van der Waals surface area contributed by atoms with E-state index < -0.39 is 42.0 Å². The minimum absolute atomic E-state index is 0.104. The van der Waals surface area contributed by atoms with Crippen molar-refractivity contribution in [1.82, 2.24) is 14.9 Å². The zero-order valence-corrected chi connectivity index (χ0v) is 18.6. The van der Waals surface area contributed by atoms with Gasteiger partial charge in [0, 0.05) is 18.7 Å². The monoisotopic (exact) mass is 502 g/mol. The Morgan fingerprint density at radius 3 is 2.06 bits per heavy atom. The molecule has 0 bridgehead atoms. The second-order valence-corrected chi connectivity index (χ2v) is 8.27. The maximum absolute atomic E-state index is 13.1. The van der Waals surface area contributed by atoms with E-state index in [9.17, 15) is 33.0 Å². The largest absolute Gasteiger partial charge is 0.478 e. The number of carboxylic acids is 1. The van der Waals surface area contributed by atoms with Gasteiger partial charge in [-0.3, -0.25) is 9.78 Å². The van der Waals surface area contributed by atoms with Gasteiger partial charge in [-0.25, -0.2) is 9.78 Å². The topological polar surface area (TPSA) is 136 Å². The number of halogens is 3. The highest BCUT2D eigenvalue weighted by Crippen LogP contribution is 2.28. The molecule has 9 nitrogen and oxygen atoms in total. The summed E-state index contributed by atoms with van der Waals surface area (Å²) in [5, 5.41) is 32.3. The number of β-amino-alcohol motifs (C(OH)–C–C–N with tert-alkyl or cyclic N) is 1. The summed E-state index contributed by atoms with van der Waals surface area (Å²) < 4.78 is 38.8. The molecule has 188 valence electrons. The van der Waals surface area contributed by atoms with Crippen LogP contribution in [0.5, 0.6) is 0 Å². The average molecular weight is 502 g/mol. The van der Waals surface area contributed by atoms with Gasteiger partial charge in [0.05, 0.1) is 30.1 Å². The number of nitrogens with one attached hydrogen (secondary N) is 1. The van der Waals surface area contributed by atoms with Crippen LogP contribution >= 0.6 is 0 Å². The Kier molecular flexibility index (Phi) is 6.91. The van der Waals surface area contributed by atoms with Crippen molar-refractivity contribution in [2.75, 3.05) is 18.4 Å². The van der Waals surface area contributed by atoms with Crippen molar-refractivity contribution in [3.8, 4) is 11.1 Å². The van der Waals surface area contributed by atoms with Crippen molar-refractivity contribution in [2.24, 2.45) is 0 Å². The lowest BCUT2D eigenvalue weighted by Gasteiger charge is -2.39. The van der Waals surface area contributed by atoms with Crippen LogP contribution in [0.25, 0.3) is 11.1 Å². The van der Waals surface area contributed by atoms with Gasteiger partial charge in [0.2, 0.25) is 0 Å². The second kappa shape index (κ2) is 9.91. The van der Waals surface area contributed by atoms with Crippen molar-refractivity contribution in [3.63, 3.8) is 0 Å². The van der Waals surface area contributed by atoms with Crippen molar-refractivity contribution in [1.29, 1.82) is 0 Å². The van der Waals surface area contributed by atoms with E-state index in [-0.39, 0.29) is 24.5 Å². The number of carbonyl (C=O) groups excluding carboxylic acids is 1. The maximum Gasteiger partial charge on any atom is 0.434 e. The summed E-state index contributed by atoms with van der Waals surface area (Å²) in [6, 6.07) is 11.8. The highest BCUT2D eigenvalue weighted by atomic mass is 19.4. The highest BCUT2D eigenvalue weighted by molar-refractivity contribution is 5.95. The van der Waals surface area contributed by atoms with Crippen LogP contribution in [0.3, 0.4) is 0 Å². The van der Waals surface area contributed by atoms with Crippen LogP contribution in [-0.2, 0) is 6.18 Å². The number of benzene rings is 2. The van der Waals surface area contributed by atoms with E-state index in [1.807, 2.05) is 0 Å². The average Bonchev–Trinajstić information content (AvgIpc) is 2.86. The van der Waals surface area contributed by atoms with Crippen molar-refractivity contribution < 1.29 is 38.1 Å². The fourth-order valence-corrected chi connectivity index (χ4v) is 3.87. The first-order valence-corrected chi connectivity index (χ1v) is 10.8. The number of amides is 1. The fraction of sp³-hybridized carbons (Fsp3) is 0.250. The third kappa shape index (κ3) is 5.44. The number of alkyl halides is 3. The van der Waals surface area contributed by atoms with Gasteiger partial charge < -0.3 is 25.5 Å². The van der Waals surface area contributed by atoms with Crippen LogP contribution in [0.2, 0.25) is 0 Å². The number of aliphatic hydroxyl groups excluding tert-OH is 2. The molecule has 1 aliphatic heterocycles. The number of carbonyl (C=O) groups is 2. The van der Waals surface area contributed by atoms with Gasteiger partial charge in [0.1, 0.15) is 11.9 Å². The Morgan fingerprint density at radius 2 is 1.50 bits per heavy atom. The minimum atomic E-state index is -4.71. The molecule has 2 aromatic carbocycles. The first kappa shape index (κ1) is 25.1. The van der Waals surface area contributed by atoms with Gasteiger partial charge in [0.15, 0.2) is 5.69 Å². The molecule has 3 aromatic rings. The predicted molar refractivity (Wildman–Crippen MR) is 121 cm³/mol. The van der Waals surface area contributed by atoms with Crippen LogP contribution in [0.4, 0.5) is 19.0 Å². The molecule has 0 spiro atoms. The van der Waals surface area contributed by atoms with Gasteiger partial charge >= 0.3 is 12.1 Å². The van der Waals surface area contributed by atoms with E-state index in [2.05, 4.69) is 15.3 Å². The van der Waals surface area contributed by atoms with Gasteiger partial charge in [0.25, 0.3) is 5.91 Å². The van der Waals surface area contributed by atoms with E-state index in [1.54, 1.807) is 36.4 Å². The molecule has 1 amide bonds. The smallest absolute Gasteiger partial charge is 0.434 e. The van der Waals surface area contributed by atoms with E-state index in [4.69, 9.17) is 5.11 Å². The van der Waals surface area contributed by atoms with E-state index >= 15 is 0 Å². The Labute approximate surface area is 202 Å². The third-order valence-corrected chi connectivity index (χ3v) is 5.77. The summed E-state index contributed by atoms with van der Waals surface area (Å²) in [5.41, 5.74) is 0.726. The zero-order chi connectivity index (χ0) is 26.0. The SMILES string of the molecule is O=C(O)c1ccc(-c2ccc(C(=O)N3C[C@H](Nc4cncc(C(F)(F)F)n4)[C@@H](O)[C@@H](O)C3)cc2)cc1. The lowest BCUT2D eigenvalue weighted by Crippen LogP contribution is -2.59. The van der Waals surface area contributed by atoms with Crippen LogP contribution in [0.1, 0.15) is 26.4 Å². The van der Waals surface area contributed by atoms with Crippen LogP contribution in [0, 0.1) is 0 Å². The number of anilines is 1. The maximum atomic E-state index is 13.1. The molecular weight excluding hydrogens is 481 g/mol. The Morgan fingerprint density at radius 1 is 0.917 bits per heavy atom. The number of aromatic carboxylic acids is 1. The van der Waals surface area contributed by atoms with Crippen LogP contribution in [0.15, 0.2) is 60.9 Å². The van der Waals surface area contributed by atoms with Crippen molar-refractivity contribution >= 4 is 17.7 Å². The standard InChI is InChI=1S/C24H21F3N4O5/c25-24(26,27)19-9-28-10-20(30-19)29-17-11-31(12-18(32)21(17)33)22(34)15-5-1-13(2-6-15)14-3-7-16(8-4-14)23(35)36/h1-10,17-18,21,32-33H,11-12H2,(H,29,30)(H,35,36)/t17-,18-,21+/m0/s1. The minimum Gasteiger partial charge on any atom is -0.478 e. The van der Waals surface area contributed by atoms with E-state index in [0.29, 0.717) is 11.8 Å². The number of hydrogen-bond donors (Lipinski definition) is 4. The number of likely N-dealkylation sites (tertiary alicyclic amines) is 1. The van der Waals surface area contributed by atoms with Crippen molar-refractivity contribution in [3.05, 3.63) is 77.7 Å². The first-order valence-electron chi connectivity index (χ1n) is 10.8. The molecule has 12 heteroatoms. The Balaban J connectivity index is 1.48. The molecule has 0 radical (unpaired) electrons. The molecule has 1 fully saturated rings. The van der Waals surface area contributed by atoms with Gasteiger partial charge in [-0.2, -0.15) is 13.2 Å². The molecule has 3 atom stereocenters. The van der Waals surface area contributed by atoms with Gasteiger partial charge in [-0.1, -0.05) is 24.3 Å². The molecule has 4 N–H and O–H groups in total. The van der Waals surface area contributed by atoms with Gasteiger partial charge in [-0.05, 0) is 35.4 Å². The van der Waals surface area contributed by atoms with Crippen molar-refractivity contribution in [2.45, 2.75) is 24.4 Å². The molecule has 36 heavy (non-hydrogen) atoms. The molecular formula is C24H21F3N4O5. The number of aromatic nitrogens is 2. The third-order valence-electron chi connectivity index (χ3n) is 5.77. The molecule has 1 aliphatic rings. The lowest BCUT2D eigenvalue weighted by molar-refractivity contribution is -0.141.